The van der Waals surface area contributed by atoms with Gasteiger partial charge in [0.05, 0.1) is 12.8 Å². The average Bonchev–Trinajstić information content (AvgIpc) is 2.53. The van der Waals surface area contributed by atoms with Crippen LogP contribution in [0.5, 0.6) is 5.75 Å². The van der Waals surface area contributed by atoms with Gasteiger partial charge in [-0.25, -0.2) is 4.98 Å². The summed E-state index contributed by atoms with van der Waals surface area (Å²) in [6, 6.07) is 17.6. The van der Waals surface area contributed by atoms with Crippen molar-refractivity contribution in [3.63, 3.8) is 0 Å². The molecule has 0 radical (unpaired) electrons. The van der Waals surface area contributed by atoms with Crippen LogP contribution in [0.2, 0.25) is 0 Å². The topological polar surface area (TPSA) is 22.1 Å². The Labute approximate surface area is 133 Å². The third kappa shape index (κ3) is 2.69. The molecule has 106 valence electrons. The summed E-state index contributed by atoms with van der Waals surface area (Å²) in [7, 11) is 1.63. The number of ether oxygens (including phenoxy) is 1. The van der Waals surface area contributed by atoms with Crippen molar-refractivity contribution in [2.45, 2.75) is 4.84 Å². The molecule has 0 saturated heterocycles. The van der Waals surface area contributed by atoms with Crippen molar-refractivity contribution in [3.05, 3.63) is 60.2 Å². The Morgan fingerprint density at radius 2 is 1.76 bits per heavy atom. The molecule has 2 aromatic carbocycles. The van der Waals surface area contributed by atoms with Crippen LogP contribution in [0.1, 0.15) is 10.4 Å². The van der Waals surface area contributed by atoms with Gasteiger partial charge in [-0.15, -0.1) is 23.2 Å². The number of fused-ring (bicyclic) bond motifs is 1. The van der Waals surface area contributed by atoms with Crippen LogP contribution in [0.3, 0.4) is 0 Å². The highest BCUT2D eigenvalue weighted by Crippen LogP contribution is 2.36. The van der Waals surface area contributed by atoms with Crippen LogP contribution in [-0.4, -0.2) is 12.1 Å². The van der Waals surface area contributed by atoms with E-state index in [2.05, 4.69) is 0 Å². The van der Waals surface area contributed by atoms with Crippen LogP contribution in [0.15, 0.2) is 54.6 Å². The van der Waals surface area contributed by atoms with E-state index in [1.807, 2.05) is 54.6 Å². The maximum absolute atomic E-state index is 6.13. The number of para-hydroxylation sites is 1. The summed E-state index contributed by atoms with van der Waals surface area (Å²) >= 11 is 12.3. The zero-order valence-corrected chi connectivity index (χ0v) is 12.9. The number of rotatable bonds is 3. The molecule has 0 spiro atoms. The van der Waals surface area contributed by atoms with Gasteiger partial charge in [-0.05, 0) is 17.7 Å². The SMILES string of the molecule is COc1cccc2c(C(Cl)Cl)cc(-c3ccccc3)nc12. The molecular formula is C17H13Cl2NO. The van der Waals surface area contributed by atoms with E-state index in [0.717, 1.165) is 27.7 Å². The number of methoxy groups -OCH3 is 1. The van der Waals surface area contributed by atoms with Crippen LogP contribution in [0, 0.1) is 0 Å². The molecule has 0 unspecified atom stereocenters. The number of benzene rings is 2. The van der Waals surface area contributed by atoms with Crippen molar-refractivity contribution in [1.82, 2.24) is 4.98 Å². The Bertz CT molecular complexity index is 772. The number of hydrogen-bond donors (Lipinski definition) is 0. The van der Waals surface area contributed by atoms with Crippen molar-refractivity contribution < 1.29 is 4.74 Å². The third-order valence-electron chi connectivity index (χ3n) is 3.36. The first-order valence-electron chi connectivity index (χ1n) is 6.52. The van der Waals surface area contributed by atoms with Crippen molar-refractivity contribution in [1.29, 1.82) is 0 Å². The second kappa shape index (κ2) is 5.92. The quantitative estimate of drug-likeness (QED) is 0.604. The molecule has 0 aliphatic carbocycles. The molecule has 3 aromatic rings. The second-order valence-electron chi connectivity index (χ2n) is 4.62. The summed E-state index contributed by atoms with van der Waals surface area (Å²) in [5, 5.41) is 0.907. The first-order valence-corrected chi connectivity index (χ1v) is 7.39. The zero-order valence-electron chi connectivity index (χ0n) is 11.4. The third-order valence-corrected chi connectivity index (χ3v) is 3.83. The van der Waals surface area contributed by atoms with Crippen LogP contribution in [0.25, 0.3) is 22.2 Å². The molecule has 0 aliphatic rings. The predicted molar refractivity (Wildman–Crippen MR) is 88.2 cm³/mol. The number of pyridine rings is 1. The number of halogens is 2. The van der Waals surface area contributed by atoms with Crippen LogP contribution in [0.4, 0.5) is 0 Å². The minimum absolute atomic E-state index is 0.620. The number of aromatic nitrogens is 1. The Hall–Kier alpha value is -1.77. The predicted octanol–water partition coefficient (Wildman–Crippen LogP) is 5.39. The molecule has 21 heavy (non-hydrogen) atoms. The van der Waals surface area contributed by atoms with Gasteiger partial charge in [-0.2, -0.15) is 0 Å². The van der Waals surface area contributed by atoms with Gasteiger partial charge in [0, 0.05) is 10.9 Å². The summed E-state index contributed by atoms with van der Waals surface area (Å²) in [5.41, 5.74) is 3.44. The minimum atomic E-state index is -0.620. The van der Waals surface area contributed by atoms with Gasteiger partial charge in [0.1, 0.15) is 16.1 Å². The Kier molecular flexibility index (Phi) is 4.00. The lowest BCUT2D eigenvalue weighted by Crippen LogP contribution is -1.95. The van der Waals surface area contributed by atoms with E-state index in [1.165, 1.54) is 0 Å². The Morgan fingerprint density at radius 1 is 1.00 bits per heavy atom. The molecule has 0 atom stereocenters. The molecule has 1 aromatic heterocycles. The fourth-order valence-corrected chi connectivity index (χ4v) is 2.71. The highest BCUT2D eigenvalue weighted by molar-refractivity contribution is 6.44. The molecule has 0 amide bonds. The largest absolute Gasteiger partial charge is 0.494 e. The summed E-state index contributed by atoms with van der Waals surface area (Å²) in [5.74, 6) is 0.709. The van der Waals surface area contributed by atoms with Crippen LogP contribution < -0.4 is 4.74 Å². The Morgan fingerprint density at radius 3 is 2.43 bits per heavy atom. The molecule has 0 saturated carbocycles. The maximum Gasteiger partial charge on any atom is 0.145 e. The molecular weight excluding hydrogens is 305 g/mol. The monoisotopic (exact) mass is 317 g/mol. The smallest absolute Gasteiger partial charge is 0.145 e. The van der Waals surface area contributed by atoms with E-state index >= 15 is 0 Å². The zero-order chi connectivity index (χ0) is 14.8. The van der Waals surface area contributed by atoms with Gasteiger partial charge >= 0.3 is 0 Å². The standard InChI is InChI=1S/C17H13Cl2NO/c1-21-15-9-5-8-12-13(17(18)19)10-14(20-16(12)15)11-6-3-2-4-7-11/h2-10,17H,1H3. The molecule has 3 rings (SSSR count). The molecule has 0 aliphatic heterocycles. The first kappa shape index (κ1) is 14.2. The fourth-order valence-electron chi connectivity index (χ4n) is 2.35. The highest BCUT2D eigenvalue weighted by atomic mass is 35.5. The minimum Gasteiger partial charge on any atom is -0.494 e. The maximum atomic E-state index is 6.13. The highest BCUT2D eigenvalue weighted by Gasteiger charge is 2.15. The lowest BCUT2D eigenvalue weighted by Gasteiger charge is -2.12. The lowest BCUT2D eigenvalue weighted by molar-refractivity contribution is 0.419. The normalized spacial score (nSPS) is 11.0. The Balaban J connectivity index is 2.33. The van der Waals surface area contributed by atoms with E-state index in [0.29, 0.717) is 5.75 Å². The van der Waals surface area contributed by atoms with Crippen molar-refractivity contribution in [2.75, 3.05) is 7.11 Å². The first-order chi connectivity index (χ1) is 10.2. The molecule has 0 bridgehead atoms. The average molecular weight is 318 g/mol. The van der Waals surface area contributed by atoms with E-state index in [-0.39, 0.29) is 0 Å². The van der Waals surface area contributed by atoms with E-state index in [4.69, 9.17) is 32.9 Å². The second-order valence-corrected chi connectivity index (χ2v) is 5.72. The molecule has 0 N–H and O–H groups in total. The van der Waals surface area contributed by atoms with Crippen molar-refractivity contribution in [3.8, 4) is 17.0 Å². The van der Waals surface area contributed by atoms with Gasteiger partial charge in [0.25, 0.3) is 0 Å². The summed E-state index contributed by atoms with van der Waals surface area (Å²) in [6.45, 7) is 0. The van der Waals surface area contributed by atoms with Gasteiger partial charge in [0.15, 0.2) is 0 Å². The van der Waals surface area contributed by atoms with Crippen LogP contribution in [-0.2, 0) is 0 Å². The molecule has 1 heterocycles. The van der Waals surface area contributed by atoms with Gasteiger partial charge < -0.3 is 4.74 Å². The van der Waals surface area contributed by atoms with E-state index in [9.17, 15) is 0 Å². The molecule has 2 nitrogen and oxygen atoms in total. The van der Waals surface area contributed by atoms with E-state index in [1.54, 1.807) is 7.11 Å². The summed E-state index contributed by atoms with van der Waals surface area (Å²) in [4.78, 5) is 4.10. The van der Waals surface area contributed by atoms with Gasteiger partial charge in [0.2, 0.25) is 0 Å². The van der Waals surface area contributed by atoms with Crippen molar-refractivity contribution in [2.24, 2.45) is 0 Å². The number of nitrogens with zero attached hydrogens (tertiary/aromatic N) is 1. The van der Waals surface area contributed by atoms with Crippen LogP contribution >= 0.6 is 23.2 Å². The summed E-state index contributed by atoms with van der Waals surface area (Å²) < 4.78 is 5.40. The summed E-state index contributed by atoms with van der Waals surface area (Å²) in [6.07, 6.45) is 0. The number of alkyl halides is 2. The lowest BCUT2D eigenvalue weighted by atomic mass is 10.0. The number of hydrogen-bond acceptors (Lipinski definition) is 2. The van der Waals surface area contributed by atoms with Gasteiger partial charge in [-0.3, -0.25) is 0 Å². The molecule has 4 heteroatoms. The van der Waals surface area contributed by atoms with Gasteiger partial charge in [-0.1, -0.05) is 42.5 Å². The van der Waals surface area contributed by atoms with E-state index < -0.39 is 4.84 Å². The van der Waals surface area contributed by atoms with Crippen molar-refractivity contribution >= 4 is 34.1 Å². The molecule has 0 fully saturated rings. The fraction of sp³-hybridized carbons (Fsp3) is 0.118.